The smallest absolute Gasteiger partial charge is 0.322 e. The highest BCUT2D eigenvalue weighted by Gasteiger charge is 2.10. The van der Waals surface area contributed by atoms with Crippen LogP contribution in [0.5, 0.6) is 11.8 Å². The number of ether oxygens (including phenoxy) is 1. The first-order chi connectivity index (χ1) is 9.49. The van der Waals surface area contributed by atoms with Crippen molar-refractivity contribution in [2.24, 2.45) is 10.9 Å². The van der Waals surface area contributed by atoms with Crippen molar-refractivity contribution in [3.05, 3.63) is 47.0 Å². The van der Waals surface area contributed by atoms with E-state index >= 15 is 0 Å². The monoisotopic (exact) mass is 276 g/mol. The molecule has 0 aliphatic carbocycles. The maximum Gasteiger partial charge on any atom is 0.322 e. The Bertz CT molecular complexity index is 673. The van der Waals surface area contributed by atoms with Gasteiger partial charge in [-0.15, -0.1) is 0 Å². The number of aryl methyl sites for hydroxylation is 2. The van der Waals surface area contributed by atoms with E-state index in [1.54, 1.807) is 26.0 Å². The molecule has 0 atom stereocenters. The highest BCUT2D eigenvalue weighted by Crippen LogP contribution is 2.23. The van der Waals surface area contributed by atoms with Gasteiger partial charge < -0.3 is 15.7 Å². The van der Waals surface area contributed by atoms with Gasteiger partial charge >= 0.3 is 6.01 Å². The van der Waals surface area contributed by atoms with Crippen LogP contribution < -0.4 is 10.5 Å². The second kappa shape index (κ2) is 5.52. The van der Waals surface area contributed by atoms with Crippen LogP contribution in [-0.2, 0) is 0 Å². The maximum absolute atomic E-state index is 13.2. The van der Waals surface area contributed by atoms with E-state index in [2.05, 4.69) is 15.1 Å². The molecule has 0 aliphatic heterocycles. The van der Waals surface area contributed by atoms with Crippen LogP contribution in [0.15, 0.2) is 29.4 Å². The summed E-state index contributed by atoms with van der Waals surface area (Å²) in [5.74, 6) is -0.271. The van der Waals surface area contributed by atoms with Gasteiger partial charge in [-0.25, -0.2) is 9.37 Å². The second-order valence-electron chi connectivity index (χ2n) is 4.17. The van der Waals surface area contributed by atoms with Crippen molar-refractivity contribution in [1.29, 1.82) is 0 Å². The van der Waals surface area contributed by atoms with Crippen molar-refractivity contribution in [3.8, 4) is 11.8 Å². The van der Waals surface area contributed by atoms with Crippen LogP contribution in [0.1, 0.15) is 17.0 Å². The van der Waals surface area contributed by atoms with Gasteiger partial charge in [0, 0.05) is 11.8 Å². The molecule has 2 aromatic rings. The molecule has 0 spiro atoms. The highest BCUT2D eigenvalue weighted by atomic mass is 19.1. The standard InChI is InChI=1S/C13H13FN4O2/c1-7-3-4-9(14)6-11(7)20-13-16-8(2)5-10(17-13)12(15)18-19/h3-6,19H,1-2H3,(H2,15,18). The fraction of sp³-hybridized carbons (Fsp3) is 0.154. The molecule has 104 valence electrons. The van der Waals surface area contributed by atoms with E-state index in [1.165, 1.54) is 12.1 Å². The molecular formula is C13H13FN4O2. The summed E-state index contributed by atoms with van der Waals surface area (Å²) in [6.45, 7) is 3.48. The number of nitrogens with zero attached hydrogens (tertiary/aromatic N) is 3. The van der Waals surface area contributed by atoms with Crippen LogP contribution in [0.2, 0.25) is 0 Å². The van der Waals surface area contributed by atoms with Crippen LogP contribution >= 0.6 is 0 Å². The van der Waals surface area contributed by atoms with E-state index in [1.807, 2.05) is 0 Å². The molecule has 3 N–H and O–H groups in total. The Balaban J connectivity index is 2.38. The van der Waals surface area contributed by atoms with Crippen molar-refractivity contribution in [1.82, 2.24) is 9.97 Å². The third-order valence-corrected chi connectivity index (χ3v) is 2.56. The molecule has 1 heterocycles. The lowest BCUT2D eigenvalue weighted by Gasteiger charge is -2.08. The van der Waals surface area contributed by atoms with Gasteiger partial charge in [0.15, 0.2) is 5.84 Å². The van der Waals surface area contributed by atoms with Crippen LogP contribution in [0.4, 0.5) is 4.39 Å². The Hall–Kier alpha value is -2.70. The third kappa shape index (κ3) is 3.00. The zero-order chi connectivity index (χ0) is 14.7. The molecule has 0 fully saturated rings. The minimum Gasteiger partial charge on any atom is -0.424 e. The second-order valence-corrected chi connectivity index (χ2v) is 4.17. The summed E-state index contributed by atoms with van der Waals surface area (Å²) < 4.78 is 18.7. The van der Waals surface area contributed by atoms with Gasteiger partial charge in [-0.05, 0) is 31.5 Å². The fourth-order valence-electron chi connectivity index (χ4n) is 1.55. The number of aromatic nitrogens is 2. The molecule has 20 heavy (non-hydrogen) atoms. The minimum absolute atomic E-state index is 0.000278. The van der Waals surface area contributed by atoms with Crippen LogP contribution in [-0.4, -0.2) is 21.0 Å². The van der Waals surface area contributed by atoms with Gasteiger partial charge in [0.05, 0.1) is 0 Å². The quantitative estimate of drug-likeness (QED) is 0.387. The summed E-state index contributed by atoms with van der Waals surface area (Å²) in [5, 5.41) is 11.5. The first kappa shape index (κ1) is 13.7. The van der Waals surface area contributed by atoms with E-state index < -0.39 is 5.82 Å². The molecule has 7 heteroatoms. The minimum atomic E-state index is -0.421. The third-order valence-electron chi connectivity index (χ3n) is 2.56. The SMILES string of the molecule is Cc1cc(/C(N)=N/O)nc(Oc2cc(F)ccc2C)n1. The van der Waals surface area contributed by atoms with Gasteiger partial charge in [-0.3, -0.25) is 0 Å². The molecule has 0 amide bonds. The van der Waals surface area contributed by atoms with Gasteiger partial charge in [-0.2, -0.15) is 4.98 Å². The Morgan fingerprint density at radius 2 is 2.05 bits per heavy atom. The van der Waals surface area contributed by atoms with E-state index in [-0.39, 0.29) is 17.5 Å². The molecule has 0 unspecified atom stereocenters. The van der Waals surface area contributed by atoms with Gasteiger partial charge in [0.2, 0.25) is 0 Å². The van der Waals surface area contributed by atoms with Crippen LogP contribution in [0.3, 0.4) is 0 Å². The van der Waals surface area contributed by atoms with Gasteiger partial charge in [-0.1, -0.05) is 11.2 Å². The summed E-state index contributed by atoms with van der Waals surface area (Å²) in [5.41, 5.74) is 7.01. The molecule has 1 aromatic carbocycles. The lowest BCUT2D eigenvalue weighted by Crippen LogP contribution is -2.16. The van der Waals surface area contributed by atoms with Crippen molar-refractivity contribution < 1.29 is 14.3 Å². The average Bonchev–Trinajstić information content (AvgIpc) is 2.41. The van der Waals surface area contributed by atoms with Gasteiger partial charge in [0.1, 0.15) is 17.3 Å². The number of nitrogens with two attached hydrogens (primary N) is 1. The van der Waals surface area contributed by atoms with E-state index in [0.717, 1.165) is 5.56 Å². The Kier molecular flexibility index (Phi) is 3.79. The zero-order valence-corrected chi connectivity index (χ0v) is 11.0. The van der Waals surface area contributed by atoms with E-state index in [9.17, 15) is 4.39 Å². The Morgan fingerprint density at radius 1 is 1.30 bits per heavy atom. The largest absolute Gasteiger partial charge is 0.424 e. The molecule has 0 radical (unpaired) electrons. The molecule has 2 rings (SSSR count). The predicted molar refractivity (Wildman–Crippen MR) is 70.5 cm³/mol. The predicted octanol–water partition coefficient (Wildman–Crippen LogP) is 2.12. The van der Waals surface area contributed by atoms with Crippen molar-refractivity contribution in [3.63, 3.8) is 0 Å². The summed E-state index contributed by atoms with van der Waals surface area (Å²) in [6.07, 6.45) is 0. The molecule has 1 aromatic heterocycles. The van der Waals surface area contributed by atoms with E-state index in [0.29, 0.717) is 11.4 Å². The topological polar surface area (TPSA) is 93.6 Å². The van der Waals surface area contributed by atoms with E-state index in [4.69, 9.17) is 15.7 Å². The Morgan fingerprint density at radius 3 is 2.75 bits per heavy atom. The fourth-order valence-corrected chi connectivity index (χ4v) is 1.55. The summed E-state index contributed by atoms with van der Waals surface area (Å²) in [7, 11) is 0. The number of halogens is 1. The number of benzene rings is 1. The molecule has 6 nitrogen and oxygen atoms in total. The first-order valence-electron chi connectivity index (χ1n) is 5.77. The number of hydrogen-bond donors (Lipinski definition) is 2. The Labute approximate surface area is 114 Å². The lowest BCUT2D eigenvalue weighted by atomic mass is 10.2. The summed E-state index contributed by atoms with van der Waals surface area (Å²) in [6, 6.07) is 5.71. The lowest BCUT2D eigenvalue weighted by molar-refractivity contribution is 0.318. The zero-order valence-electron chi connectivity index (χ0n) is 11.0. The van der Waals surface area contributed by atoms with Crippen molar-refractivity contribution in [2.45, 2.75) is 13.8 Å². The van der Waals surface area contributed by atoms with Crippen molar-refractivity contribution in [2.75, 3.05) is 0 Å². The average molecular weight is 276 g/mol. The van der Waals surface area contributed by atoms with Crippen LogP contribution in [0.25, 0.3) is 0 Å². The maximum atomic E-state index is 13.2. The highest BCUT2D eigenvalue weighted by molar-refractivity contribution is 5.95. The van der Waals surface area contributed by atoms with Crippen molar-refractivity contribution >= 4 is 5.84 Å². The summed E-state index contributed by atoms with van der Waals surface area (Å²) in [4.78, 5) is 8.07. The number of hydrogen-bond acceptors (Lipinski definition) is 5. The molecule has 0 saturated heterocycles. The first-order valence-corrected chi connectivity index (χ1v) is 5.77. The number of oxime groups is 1. The van der Waals surface area contributed by atoms with Gasteiger partial charge in [0.25, 0.3) is 0 Å². The molecule has 0 saturated carbocycles. The summed E-state index contributed by atoms with van der Waals surface area (Å²) >= 11 is 0. The molecule has 0 aliphatic rings. The normalized spacial score (nSPS) is 11.4. The molecular weight excluding hydrogens is 263 g/mol. The molecule has 0 bridgehead atoms. The number of amidine groups is 1. The van der Waals surface area contributed by atoms with Crippen LogP contribution in [0, 0.1) is 19.7 Å². The number of rotatable bonds is 3.